The number of carbonyl (C=O) groups is 1. The van der Waals surface area contributed by atoms with Crippen LogP contribution in [0.25, 0.3) is 0 Å². The van der Waals surface area contributed by atoms with E-state index in [2.05, 4.69) is 34.7 Å². The van der Waals surface area contributed by atoms with Crippen molar-refractivity contribution in [2.75, 3.05) is 45.8 Å². The lowest BCUT2D eigenvalue weighted by molar-refractivity contribution is -0.117. The van der Waals surface area contributed by atoms with Crippen LogP contribution in [0.15, 0.2) is 11.8 Å². The van der Waals surface area contributed by atoms with E-state index in [0.717, 1.165) is 39.3 Å². The molecule has 0 atom stereocenters. The Labute approximate surface area is 121 Å². The predicted molar refractivity (Wildman–Crippen MR) is 78.9 cm³/mol. The summed E-state index contributed by atoms with van der Waals surface area (Å²) in [4.78, 5) is 14.1. The summed E-state index contributed by atoms with van der Waals surface area (Å²) in [5.41, 5.74) is 0.131. The van der Waals surface area contributed by atoms with Gasteiger partial charge in [0.05, 0.1) is 0 Å². The number of nitriles is 1. The molecular formula is C14H25N5O. The van der Waals surface area contributed by atoms with E-state index < -0.39 is 0 Å². The molecule has 0 aliphatic carbocycles. The van der Waals surface area contributed by atoms with Crippen LogP contribution in [0.5, 0.6) is 0 Å². The molecule has 0 aromatic carbocycles. The SMILES string of the molecule is CC(C)CN/C=C(/C#N)C(=O)NCCN1CCNCC1. The van der Waals surface area contributed by atoms with Gasteiger partial charge in [0, 0.05) is 52.0 Å². The van der Waals surface area contributed by atoms with Crippen molar-refractivity contribution in [1.29, 1.82) is 5.26 Å². The molecule has 1 heterocycles. The summed E-state index contributed by atoms with van der Waals surface area (Å²) in [6.07, 6.45) is 1.50. The summed E-state index contributed by atoms with van der Waals surface area (Å²) in [5, 5.41) is 18.0. The van der Waals surface area contributed by atoms with Crippen LogP contribution in [0.1, 0.15) is 13.8 Å². The zero-order chi connectivity index (χ0) is 14.8. The van der Waals surface area contributed by atoms with Crippen molar-refractivity contribution in [3.63, 3.8) is 0 Å². The van der Waals surface area contributed by atoms with Crippen molar-refractivity contribution in [1.82, 2.24) is 20.9 Å². The Balaban J connectivity index is 2.26. The molecule has 1 saturated heterocycles. The van der Waals surface area contributed by atoms with Gasteiger partial charge in [-0.25, -0.2) is 0 Å². The van der Waals surface area contributed by atoms with Gasteiger partial charge >= 0.3 is 0 Å². The second-order valence-electron chi connectivity index (χ2n) is 5.32. The van der Waals surface area contributed by atoms with E-state index in [-0.39, 0.29) is 11.5 Å². The highest BCUT2D eigenvalue weighted by Gasteiger charge is 2.11. The molecule has 3 N–H and O–H groups in total. The van der Waals surface area contributed by atoms with E-state index in [9.17, 15) is 4.79 Å². The van der Waals surface area contributed by atoms with Crippen molar-refractivity contribution >= 4 is 5.91 Å². The molecular weight excluding hydrogens is 254 g/mol. The normalized spacial score (nSPS) is 16.8. The predicted octanol–water partition coefficient (Wildman–Crippen LogP) is -0.339. The maximum atomic E-state index is 11.8. The van der Waals surface area contributed by atoms with Crippen molar-refractivity contribution in [2.45, 2.75) is 13.8 Å². The van der Waals surface area contributed by atoms with Crippen LogP contribution in [0.3, 0.4) is 0 Å². The molecule has 20 heavy (non-hydrogen) atoms. The minimum atomic E-state index is -0.307. The second-order valence-corrected chi connectivity index (χ2v) is 5.32. The number of amides is 1. The first-order chi connectivity index (χ1) is 9.63. The summed E-state index contributed by atoms with van der Waals surface area (Å²) in [6, 6.07) is 1.93. The fourth-order valence-corrected chi connectivity index (χ4v) is 1.90. The minimum absolute atomic E-state index is 0.131. The average molecular weight is 279 g/mol. The highest BCUT2D eigenvalue weighted by molar-refractivity contribution is 5.97. The van der Waals surface area contributed by atoms with Crippen molar-refractivity contribution < 1.29 is 4.79 Å². The van der Waals surface area contributed by atoms with Crippen LogP contribution >= 0.6 is 0 Å². The first-order valence-electron chi connectivity index (χ1n) is 7.18. The molecule has 6 heteroatoms. The quantitative estimate of drug-likeness (QED) is 0.439. The lowest BCUT2D eigenvalue weighted by Gasteiger charge is -2.27. The van der Waals surface area contributed by atoms with Crippen molar-refractivity contribution in [2.24, 2.45) is 5.92 Å². The van der Waals surface area contributed by atoms with Gasteiger partial charge in [-0.05, 0) is 5.92 Å². The Morgan fingerprint density at radius 3 is 2.75 bits per heavy atom. The van der Waals surface area contributed by atoms with Crippen LogP contribution in [0.4, 0.5) is 0 Å². The number of piperazine rings is 1. The summed E-state index contributed by atoms with van der Waals surface area (Å²) >= 11 is 0. The van der Waals surface area contributed by atoms with Gasteiger partial charge in [0.1, 0.15) is 11.6 Å². The third kappa shape index (κ3) is 6.55. The molecule has 0 aromatic rings. The third-order valence-corrected chi connectivity index (χ3v) is 3.06. The molecule has 0 unspecified atom stereocenters. The van der Waals surface area contributed by atoms with E-state index in [1.54, 1.807) is 0 Å². The highest BCUT2D eigenvalue weighted by Crippen LogP contribution is 1.94. The molecule has 1 fully saturated rings. The Morgan fingerprint density at radius 2 is 2.15 bits per heavy atom. The molecule has 0 bridgehead atoms. The molecule has 1 amide bonds. The van der Waals surface area contributed by atoms with E-state index in [1.165, 1.54) is 6.20 Å². The van der Waals surface area contributed by atoms with Crippen LogP contribution in [-0.4, -0.2) is 56.6 Å². The third-order valence-electron chi connectivity index (χ3n) is 3.06. The molecule has 0 spiro atoms. The van der Waals surface area contributed by atoms with E-state index in [0.29, 0.717) is 12.5 Å². The monoisotopic (exact) mass is 279 g/mol. The van der Waals surface area contributed by atoms with Crippen LogP contribution in [-0.2, 0) is 4.79 Å². The maximum Gasteiger partial charge on any atom is 0.263 e. The molecule has 0 aromatic heterocycles. The highest BCUT2D eigenvalue weighted by atomic mass is 16.1. The number of nitrogens with zero attached hydrogens (tertiary/aromatic N) is 2. The van der Waals surface area contributed by atoms with Gasteiger partial charge in [0.2, 0.25) is 0 Å². The minimum Gasteiger partial charge on any atom is -0.389 e. The molecule has 0 saturated carbocycles. The first-order valence-corrected chi connectivity index (χ1v) is 7.18. The topological polar surface area (TPSA) is 80.2 Å². The van der Waals surface area contributed by atoms with Gasteiger partial charge in [-0.2, -0.15) is 5.26 Å². The molecule has 112 valence electrons. The van der Waals surface area contributed by atoms with Crippen LogP contribution < -0.4 is 16.0 Å². The average Bonchev–Trinajstić information content (AvgIpc) is 2.44. The Kier molecular flexibility index (Phi) is 7.70. The summed E-state index contributed by atoms with van der Waals surface area (Å²) in [7, 11) is 0. The molecule has 0 radical (unpaired) electrons. The second kappa shape index (κ2) is 9.34. The van der Waals surface area contributed by atoms with Crippen LogP contribution in [0, 0.1) is 17.2 Å². The molecule has 1 aliphatic rings. The largest absolute Gasteiger partial charge is 0.389 e. The first kappa shape index (κ1) is 16.5. The van der Waals surface area contributed by atoms with E-state index in [1.807, 2.05) is 6.07 Å². The number of nitrogens with one attached hydrogen (secondary N) is 3. The van der Waals surface area contributed by atoms with Gasteiger partial charge in [-0.1, -0.05) is 13.8 Å². The Morgan fingerprint density at radius 1 is 1.45 bits per heavy atom. The Hall–Kier alpha value is -1.58. The van der Waals surface area contributed by atoms with Crippen molar-refractivity contribution in [3.05, 3.63) is 11.8 Å². The summed E-state index contributed by atoms with van der Waals surface area (Å²) in [6.45, 7) is 10.3. The molecule has 6 nitrogen and oxygen atoms in total. The summed E-state index contributed by atoms with van der Waals surface area (Å²) < 4.78 is 0. The zero-order valence-corrected chi connectivity index (χ0v) is 12.4. The van der Waals surface area contributed by atoms with Crippen LogP contribution in [0.2, 0.25) is 0 Å². The fraction of sp³-hybridized carbons (Fsp3) is 0.714. The Bertz CT molecular complexity index is 366. The number of hydrogen-bond acceptors (Lipinski definition) is 5. The lowest BCUT2D eigenvalue weighted by Crippen LogP contribution is -2.46. The van der Waals surface area contributed by atoms with Gasteiger partial charge in [0.15, 0.2) is 0 Å². The van der Waals surface area contributed by atoms with E-state index in [4.69, 9.17) is 5.26 Å². The lowest BCUT2D eigenvalue weighted by atomic mass is 10.2. The number of rotatable bonds is 7. The van der Waals surface area contributed by atoms with Gasteiger partial charge < -0.3 is 16.0 Å². The standard InChI is InChI=1S/C14H25N5O/c1-12(2)10-17-11-13(9-15)14(20)18-5-8-19-6-3-16-4-7-19/h11-12,16-17H,3-8,10H2,1-2H3,(H,18,20)/b13-11-. The van der Waals surface area contributed by atoms with Gasteiger partial charge in [-0.3, -0.25) is 9.69 Å². The van der Waals surface area contributed by atoms with E-state index >= 15 is 0 Å². The molecule has 1 aliphatic heterocycles. The van der Waals surface area contributed by atoms with Crippen molar-refractivity contribution in [3.8, 4) is 6.07 Å². The van der Waals surface area contributed by atoms with Gasteiger partial charge in [0.25, 0.3) is 5.91 Å². The smallest absolute Gasteiger partial charge is 0.263 e. The number of hydrogen-bond donors (Lipinski definition) is 3. The fourth-order valence-electron chi connectivity index (χ4n) is 1.90. The maximum absolute atomic E-state index is 11.8. The van der Waals surface area contributed by atoms with Gasteiger partial charge in [-0.15, -0.1) is 0 Å². The summed E-state index contributed by atoms with van der Waals surface area (Å²) in [5.74, 6) is 0.167. The zero-order valence-electron chi connectivity index (χ0n) is 12.4. The molecule has 1 rings (SSSR count). The number of carbonyl (C=O) groups excluding carboxylic acids is 1.